The third kappa shape index (κ3) is 2.66. The average Bonchev–Trinajstić information content (AvgIpc) is 3.15. The third-order valence-electron chi connectivity index (χ3n) is 4.32. The predicted octanol–water partition coefficient (Wildman–Crippen LogP) is 1.75. The van der Waals surface area contributed by atoms with Gasteiger partial charge in [0, 0.05) is 24.1 Å². The van der Waals surface area contributed by atoms with Crippen LogP contribution < -0.4 is 11.1 Å². The summed E-state index contributed by atoms with van der Waals surface area (Å²) in [5.74, 6) is 3.01. The van der Waals surface area contributed by atoms with Crippen LogP contribution in [0.2, 0.25) is 0 Å². The molecule has 0 aromatic carbocycles. The van der Waals surface area contributed by atoms with Gasteiger partial charge in [0.2, 0.25) is 0 Å². The van der Waals surface area contributed by atoms with Gasteiger partial charge >= 0.3 is 0 Å². The maximum Gasteiger partial charge on any atom is 0.136 e. The second-order valence-corrected chi connectivity index (χ2v) is 5.87. The van der Waals surface area contributed by atoms with Gasteiger partial charge in [-0.3, -0.25) is 0 Å². The van der Waals surface area contributed by atoms with E-state index >= 15 is 0 Å². The van der Waals surface area contributed by atoms with E-state index in [1.54, 1.807) is 0 Å². The number of nitrogens with zero attached hydrogens (tertiary/aromatic N) is 3. The first-order valence-electron chi connectivity index (χ1n) is 7.23. The van der Waals surface area contributed by atoms with E-state index in [0.717, 1.165) is 23.8 Å². The van der Waals surface area contributed by atoms with Gasteiger partial charge in [-0.15, -0.1) is 0 Å². The van der Waals surface area contributed by atoms with E-state index in [1.807, 2.05) is 6.92 Å². The zero-order valence-corrected chi connectivity index (χ0v) is 11.8. The lowest BCUT2D eigenvalue weighted by Crippen LogP contribution is -2.32. The van der Waals surface area contributed by atoms with Crippen molar-refractivity contribution in [2.75, 3.05) is 31.2 Å². The Morgan fingerprint density at radius 2 is 2.11 bits per heavy atom. The number of rotatable bonds is 4. The molecule has 0 radical (unpaired) electrons. The van der Waals surface area contributed by atoms with Crippen molar-refractivity contribution in [1.29, 1.82) is 0 Å². The summed E-state index contributed by atoms with van der Waals surface area (Å²) in [4.78, 5) is 11.5. The molecule has 5 heteroatoms. The van der Waals surface area contributed by atoms with Crippen LogP contribution in [0.1, 0.15) is 43.0 Å². The Kier molecular flexibility index (Phi) is 3.31. The van der Waals surface area contributed by atoms with Gasteiger partial charge in [0.15, 0.2) is 0 Å². The first-order chi connectivity index (χ1) is 9.15. The van der Waals surface area contributed by atoms with Crippen LogP contribution in [-0.2, 0) is 0 Å². The van der Waals surface area contributed by atoms with Gasteiger partial charge in [0.1, 0.15) is 17.5 Å². The lowest BCUT2D eigenvalue weighted by molar-refractivity contribution is 0.322. The summed E-state index contributed by atoms with van der Waals surface area (Å²) in [6.45, 7) is 4.13. The Balaban J connectivity index is 1.72. The molecule has 2 aliphatic rings. The number of likely N-dealkylation sites (N-methyl/N-ethyl adjacent to an activating group) is 1. The molecule has 1 atom stereocenters. The van der Waals surface area contributed by atoms with Crippen molar-refractivity contribution in [2.45, 2.75) is 44.6 Å². The van der Waals surface area contributed by atoms with Crippen LogP contribution in [0.3, 0.4) is 0 Å². The Morgan fingerprint density at radius 1 is 1.32 bits per heavy atom. The number of hydrogen-bond donors (Lipinski definition) is 2. The summed E-state index contributed by atoms with van der Waals surface area (Å²) in [6, 6.07) is 0.611. The van der Waals surface area contributed by atoms with Gasteiger partial charge < -0.3 is 16.0 Å². The van der Waals surface area contributed by atoms with Crippen LogP contribution in [0.15, 0.2) is 0 Å². The maximum atomic E-state index is 6.00. The van der Waals surface area contributed by atoms with Crippen LogP contribution in [0.4, 0.5) is 11.6 Å². The molecule has 1 aromatic rings. The SMILES string of the molecule is Cc1c(N)nc(C2CC2)nc1NCC1CCCN1C. The highest BCUT2D eigenvalue weighted by Crippen LogP contribution is 2.39. The number of hydrogen-bond acceptors (Lipinski definition) is 5. The summed E-state index contributed by atoms with van der Waals surface area (Å²) >= 11 is 0. The molecule has 1 saturated carbocycles. The second kappa shape index (κ2) is 4.96. The van der Waals surface area contributed by atoms with Crippen molar-refractivity contribution in [3.05, 3.63) is 11.4 Å². The summed E-state index contributed by atoms with van der Waals surface area (Å²) in [5, 5.41) is 3.48. The minimum absolute atomic E-state index is 0.539. The van der Waals surface area contributed by atoms with E-state index in [-0.39, 0.29) is 0 Å². The molecule has 1 saturated heterocycles. The quantitative estimate of drug-likeness (QED) is 0.864. The van der Waals surface area contributed by atoms with Crippen LogP contribution in [0, 0.1) is 6.92 Å². The third-order valence-corrected chi connectivity index (χ3v) is 4.32. The van der Waals surface area contributed by atoms with Crippen LogP contribution in [0.5, 0.6) is 0 Å². The van der Waals surface area contributed by atoms with E-state index in [4.69, 9.17) is 5.73 Å². The second-order valence-electron chi connectivity index (χ2n) is 5.87. The van der Waals surface area contributed by atoms with E-state index in [9.17, 15) is 0 Å². The van der Waals surface area contributed by atoms with Gasteiger partial charge in [-0.25, -0.2) is 9.97 Å². The van der Waals surface area contributed by atoms with Crippen molar-refractivity contribution in [1.82, 2.24) is 14.9 Å². The molecule has 19 heavy (non-hydrogen) atoms. The Labute approximate surface area is 114 Å². The highest BCUT2D eigenvalue weighted by Gasteiger charge is 2.28. The largest absolute Gasteiger partial charge is 0.383 e. The highest BCUT2D eigenvalue weighted by molar-refractivity contribution is 5.55. The molecule has 0 amide bonds. The molecule has 1 unspecified atom stereocenters. The summed E-state index contributed by atoms with van der Waals surface area (Å²) in [7, 11) is 2.19. The molecule has 0 spiro atoms. The van der Waals surface area contributed by atoms with Gasteiger partial charge in [-0.2, -0.15) is 0 Å². The average molecular weight is 261 g/mol. The monoisotopic (exact) mass is 261 g/mol. The first-order valence-corrected chi connectivity index (χ1v) is 7.23. The molecule has 3 N–H and O–H groups in total. The van der Waals surface area contributed by atoms with Crippen molar-refractivity contribution < 1.29 is 0 Å². The molecular weight excluding hydrogens is 238 g/mol. The van der Waals surface area contributed by atoms with Crippen LogP contribution >= 0.6 is 0 Å². The predicted molar refractivity (Wildman–Crippen MR) is 77.3 cm³/mol. The summed E-state index contributed by atoms with van der Waals surface area (Å²) in [6.07, 6.45) is 4.96. The highest BCUT2D eigenvalue weighted by atomic mass is 15.2. The number of aromatic nitrogens is 2. The number of likely N-dealkylation sites (tertiary alicyclic amines) is 1. The number of nitrogens with two attached hydrogens (primary N) is 1. The molecule has 1 aliphatic carbocycles. The van der Waals surface area contributed by atoms with Gasteiger partial charge in [-0.05, 0) is 46.2 Å². The van der Waals surface area contributed by atoms with E-state index < -0.39 is 0 Å². The van der Waals surface area contributed by atoms with Gasteiger partial charge in [0.25, 0.3) is 0 Å². The van der Waals surface area contributed by atoms with Crippen LogP contribution in [-0.4, -0.2) is 41.0 Å². The van der Waals surface area contributed by atoms with Gasteiger partial charge in [-0.1, -0.05) is 0 Å². The molecule has 104 valence electrons. The van der Waals surface area contributed by atoms with Crippen molar-refractivity contribution in [3.63, 3.8) is 0 Å². The number of anilines is 2. The minimum atomic E-state index is 0.539. The topological polar surface area (TPSA) is 67.1 Å². The molecule has 1 aliphatic heterocycles. The van der Waals surface area contributed by atoms with E-state index in [1.165, 1.54) is 32.2 Å². The molecule has 1 aromatic heterocycles. The molecular formula is C14H23N5. The lowest BCUT2D eigenvalue weighted by atomic mass is 10.2. The molecule has 0 bridgehead atoms. The smallest absolute Gasteiger partial charge is 0.136 e. The first kappa shape index (κ1) is 12.7. The molecule has 2 fully saturated rings. The summed E-state index contributed by atoms with van der Waals surface area (Å²) < 4.78 is 0. The number of nitrogens with one attached hydrogen (secondary N) is 1. The van der Waals surface area contributed by atoms with Crippen molar-refractivity contribution >= 4 is 11.6 Å². The summed E-state index contributed by atoms with van der Waals surface area (Å²) in [5.41, 5.74) is 6.97. The Morgan fingerprint density at radius 3 is 2.74 bits per heavy atom. The molecule has 2 heterocycles. The van der Waals surface area contributed by atoms with Crippen LogP contribution in [0.25, 0.3) is 0 Å². The molecule has 3 rings (SSSR count). The fraction of sp³-hybridized carbons (Fsp3) is 0.714. The fourth-order valence-corrected chi connectivity index (χ4v) is 2.70. The van der Waals surface area contributed by atoms with Gasteiger partial charge in [0.05, 0.1) is 0 Å². The fourth-order valence-electron chi connectivity index (χ4n) is 2.70. The van der Waals surface area contributed by atoms with Crippen molar-refractivity contribution in [2.24, 2.45) is 0 Å². The maximum absolute atomic E-state index is 6.00. The molecule has 5 nitrogen and oxygen atoms in total. The lowest BCUT2D eigenvalue weighted by Gasteiger charge is -2.21. The zero-order valence-electron chi connectivity index (χ0n) is 11.8. The van der Waals surface area contributed by atoms with E-state index in [2.05, 4.69) is 27.2 Å². The normalized spacial score (nSPS) is 23.8. The van der Waals surface area contributed by atoms with Crippen molar-refractivity contribution in [3.8, 4) is 0 Å². The number of nitrogen functional groups attached to an aromatic ring is 1. The standard InChI is InChI=1S/C14H23N5/c1-9-12(15)17-14(10-5-6-10)18-13(9)16-8-11-4-3-7-19(11)2/h10-11H,3-8H2,1-2H3,(H3,15,16,17,18). The zero-order chi connectivity index (χ0) is 13.4. The van der Waals surface area contributed by atoms with E-state index in [0.29, 0.717) is 17.8 Å². The Hall–Kier alpha value is -1.36. The minimum Gasteiger partial charge on any atom is -0.383 e. The Bertz CT molecular complexity index is 469.